The van der Waals surface area contributed by atoms with Gasteiger partial charge < -0.3 is 19.4 Å². The van der Waals surface area contributed by atoms with Crippen LogP contribution >= 0.6 is 11.3 Å². The number of carbonyl (C=O) groups is 2. The summed E-state index contributed by atoms with van der Waals surface area (Å²) in [7, 11) is 0. The highest BCUT2D eigenvalue weighted by Gasteiger charge is 2.33. The Hall–Kier alpha value is -3.91. The Balaban J connectivity index is 1.47. The highest BCUT2D eigenvalue weighted by molar-refractivity contribution is 7.16. The predicted molar refractivity (Wildman–Crippen MR) is 159 cm³/mol. The Morgan fingerprint density at radius 1 is 1.20 bits per heavy atom. The summed E-state index contributed by atoms with van der Waals surface area (Å²) in [6, 6.07) is 12.6. The third-order valence-electron chi connectivity index (χ3n) is 7.87. The minimum absolute atomic E-state index is 0.126. The maximum Gasteiger partial charge on any atom is 0.335 e. The molecule has 40 heavy (non-hydrogen) atoms. The van der Waals surface area contributed by atoms with Crippen LogP contribution in [0.25, 0.3) is 5.69 Å². The molecule has 0 unspecified atom stereocenters. The molecular weight excluding hydrogens is 522 g/mol. The number of nitrogens with zero attached hydrogens (tertiary/aromatic N) is 2. The zero-order chi connectivity index (χ0) is 28.6. The molecular formula is C32H35N3O4S. The van der Waals surface area contributed by atoms with E-state index in [2.05, 4.69) is 36.7 Å². The van der Waals surface area contributed by atoms with Crippen LogP contribution in [0.15, 0.2) is 58.1 Å². The lowest BCUT2D eigenvalue weighted by Crippen LogP contribution is -2.28. The summed E-state index contributed by atoms with van der Waals surface area (Å²) in [6.07, 6.45) is 6.32. The third-order valence-corrected chi connectivity index (χ3v) is 9.03. The number of aryl methyl sites for hydroxylation is 1. The van der Waals surface area contributed by atoms with Crippen LogP contribution in [-0.4, -0.2) is 27.8 Å². The van der Waals surface area contributed by atoms with Gasteiger partial charge in [0.25, 0.3) is 5.91 Å². The van der Waals surface area contributed by atoms with E-state index in [0.717, 1.165) is 52.5 Å². The van der Waals surface area contributed by atoms with Crippen molar-refractivity contribution in [3.05, 3.63) is 93.0 Å². The van der Waals surface area contributed by atoms with Gasteiger partial charge in [0.15, 0.2) is 0 Å². The van der Waals surface area contributed by atoms with Crippen LogP contribution in [0.3, 0.4) is 0 Å². The van der Waals surface area contributed by atoms with E-state index >= 15 is 0 Å². The average Bonchev–Trinajstić information content (AvgIpc) is 3.62. The van der Waals surface area contributed by atoms with Gasteiger partial charge in [-0.05, 0) is 92.5 Å². The first-order valence-corrected chi connectivity index (χ1v) is 14.4. The molecule has 0 radical (unpaired) electrons. The Morgan fingerprint density at radius 3 is 2.60 bits per heavy atom. The minimum Gasteiger partial charge on any atom is -0.478 e. The summed E-state index contributed by atoms with van der Waals surface area (Å²) in [4.78, 5) is 30.9. The van der Waals surface area contributed by atoms with Crippen molar-refractivity contribution in [2.75, 3.05) is 0 Å². The summed E-state index contributed by atoms with van der Waals surface area (Å²) in [6.45, 7) is 11.2. The van der Waals surface area contributed by atoms with Gasteiger partial charge in [0.1, 0.15) is 10.8 Å². The second-order valence-electron chi connectivity index (χ2n) is 11.5. The number of aromatic carboxylic acids is 1. The van der Waals surface area contributed by atoms with Crippen molar-refractivity contribution in [2.24, 2.45) is 16.3 Å². The summed E-state index contributed by atoms with van der Waals surface area (Å²) in [5, 5.41) is 13.0. The van der Waals surface area contributed by atoms with E-state index in [-0.39, 0.29) is 16.9 Å². The number of amides is 1. The third kappa shape index (κ3) is 5.54. The zero-order valence-electron chi connectivity index (χ0n) is 23.6. The van der Waals surface area contributed by atoms with E-state index in [1.807, 2.05) is 44.3 Å². The molecule has 4 aromatic rings. The van der Waals surface area contributed by atoms with Crippen molar-refractivity contribution < 1.29 is 19.1 Å². The van der Waals surface area contributed by atoms with Gasteiger partial charge in [-0.15, -0.1) is 11.3 Å². The van der Waals surface area contributed by atoms with E-state index in [4.69, 9.17) is 9.41 Å². The SMILES string of the molecule is Cc1cc(C=Nc2sc3c(c2C(=O)NCc2ccco2)CC[C@H](C(C)(C)C)C3)c(C)n1-c1ccc(C(=O)O)cc1. The first-order chi connectivity index (χ1) is 19.0. The van der Waals surface area contributed by atoms with Crippen molar-refractivity contribution >= 4 is 34.4 Å². The number of aliphatic imine (C=N–C) groups is 1. The van der Waals surface area contributed by atoms with Gasteiger partial charge in [0.05, 0.1) is 23.9 Å². The highest BCUT2D eigenvalue weighted by Crippen LogP contribution is 2.45. The number of hydrogen-bond donors (Lipinski definition) is 2. The Kier molecular flexibility index (Phi) is 7.55. The van der Waals surface area contributed by atoms with Crippen LogP contribution < -0.4 is 5.32 Å². The number of nitrogens with one attached hydrogen (secondary N) is 1. The molecule has 1 aliphatic rings. The first-order valence-electron chi connectivity index (χ1n) is 13.5. The van der Waals surface area contributed by atoms with E-state index in [1.54, 1.807) is 29.7 Å². The lowest BCUT2D eigenvalue weighted by molar-refractivity contribution is 0.0696. The van der Waals surface area contributed by atoms with E-state index in [0.29, 0.717) is 23.8 Å². The van der Waals surface area contributed by atoms with Gasteiger partial charge in [-0.1, -0.05) is 20.8 Å². The number of carboxylic acid groups (broad SMARTS) is 1. The van der Waals surface area contributed by atoms with Crippen molar-refractivity contribution in [3.63, 3.8) is 0 Å². The van der Waals surface area contributed by atoms with E-state index in [1.165, 1.54) is 4.88 Å². The first kappa shape index (κ1) is 27.6. The fourth-order valence-electron chi connectivity index (χ4n) is 5.50. The van der Waals surface area contributed by atoms with E-state index < -0.39 is 5.97 Å². The van der Waals surface area contributed by atoms with E-state index in [9.17, 15) is 14.7 Å². The number of aromatic nitrogens is 1. The second-order valence-corrected chi connectivity index (χ2v) is 12.6. The molecule has 5 rings (SSSR count). The number of carboxylic acids is 1. The number of fused-ring (bicyclic) bond motifs is 1. The number of thiophene rings is 1. The molecule has 8 heteroatoms. The van der Waals surface area contributed by atoms with Gasteiger partial charge in [0, 0.05) is 33.7 Å². The zero-order valence-corrected chi connectivity index (χ0v) is 24.4. The van der Waals surface area contributed by atoms with Crippen LogP contribution in [0.5, 0.6) is 0 Å². The largest absolute Gasteiger partial charge is 0.478 e. The second kappa shape index (κ2) is 10.9. The fourth-order valence-corrected chi connectivity index (χ4v) is 6.77. The molecule has 0 aliphatic heterocycles. The van der Waals surface area contributed by atoms with Gasteiger partial charge in [-0.2, -0.15) is 0 Å². The molecule has 0 fully saturated rings. The monoisotopic (exact) mass is 557 g/mol. The van der Waals surface area contributed by atoms with Gasteiger partial charge >= 0.3 is 5.97 Å². The molecule has 0 spiro atoms. The lowest BCUT2D eigenvalue weighted by Gasteiger charge is -2.33. The van der Waals surface area contributed by atoms with Gasteiger partial charge in [-0.25, -0.2) is 9.79 Å². The molecule has 0 bridgehead atoms. The molecule has 2 N–H and O–H groups in total. The number of carbonyl (C=O) groups excluding carboxylic acids is 1. The average molecular weight is 558 g/mol. The Labute approximate surface area is 238 Å². The molecule has 0 saturated heterocycles. The maximum atomic E-state index is 13.5. The molecule has 1 amide bonds. The summed E-state index contributed by atoms with van der Waals surface area (Å²) < 4.78 is 7.49. The summed E-state index contributed by atoms with van der Waals surface area (Å²) >= 11 is 1.63. The minimum atomic E-state index is -0.947. The van der Waals surface area contributed by atoms with Crippen molar-refractivity contribution in [2.45, 2.75) is 60.4 Å². The number of rotatable bonds is 7. The van der Waals surface area contributed by atoms with Crippen molar-refractivity contribution in [3.8, 4) is 5.69 Å². The molecule has 3 aromatic heterocycles. The topological polar surface area (TPSA) is 96.8 Å². The molecule has 1 aliphatic carbocycles. The summed E-state index contributed by atoms with van der Waals surface area (Å²) in [5.74, 6) is 0.191. The van der Waals surface area contributed by atoms with Crippen molar-refractivity contribution in [1.29, 1.82) is 0 Å². The van der Waals surface area contributed by atoms with Gasteiger partial charge in [0.2, 0.25) is 0 Å². The van der Waals surface area contributed by atoms with Crippen LogP contribution in [0.1, 0.15) is 81.1 Å². The predicted octanol–water partition coefficient (Wildman–Crippen LogP) is 7.28. The quantitative estimate of drug-likeness (QED) is 0.233. The number of furan rings is 1. The van der Waals surface area contributed by atoms with Crippen molar-refractivity contribution in [1.82, 2.24) is 9.88 Å². The van der Waals surface area contributed by atoms with Gasteiger partial charge in [-0.3, -0.25) is 4.79 Å². The molecule has 7 nitrogen and oxygen atoms in total. The normalized spacial score (nSPS) is 15.4. The highest BCUT2D eigenvalue weighted by atomic mass is 32.1. The lowest BCUT2D eigenvalue weighted by atomic mass is 9.72. The van der Waals surface area contributed by atoms with Crippen LogP contribution in [0.4, 0.5) is 5.00 Å². The number of hydrogen-bond acceptors (Lipinski definition) is 5. The Morgan fingerprint density at radius 2 is 1.95 bits per heavy atom. The maximum absolute atomic E-state index is 13.5. The number of benzene rings is 1. The van der Waals surface area contributed by atoms with Crippen LogP contribution in [0.2, 0.25) is 0 Å². The molecule has 208 valence electrons. The Bertz CT molecular complexity index is 1570. The van der Waals surface area contributed by atoms with Crippen LogP contribution in [0, 0.1) is 25.2 Å². The smallest absolute Gasteiger partial charge is 0.335 e. The van der Waals surface area contributed by atoms with Crippen LogP contribution in [-0.2, 0) is 19.4 Å². The standard InChI is InChI=1S/C32H35N3O4S/c1-19-15-22(20(2)35(19)24-11-8-21(9-12-24)31(37)38)17-34-30-28(29(36)33-18-25-7-6-14-39-25)26-13-10-23(32(3,4)5)16-27(26)40-30/h6-9,11-12,14-15,17,23H,10,13,16,18H2,1-5H3,(H,33,36)(H,37,38)/t23-/m0/s1. The molecule has 1 atom stereocenters. The molecule has 1 aromatic carbocycles. The summed E-state index contributed by atoms with van der Waals surface area (Å²) in [5.41, 5.74) is 6.08. The molecule has 0 saturated carbocycles. The molecule has 3 heterocycles. The fraction of sp³-hybridized carbons (Fsp3) is 0.344.